The number of aromatic amines is 1. The number of imidazole rings is 1. The van der Waals surface area contributed by atoms with Crippen LogP contribution in [-0.2, 0) is 6.42 Å². The number of nitrogens with zero attached hydrogens (tertiary/aromatic N) is 1. The number of hydrogen-bond acceptors (Lipinski definition) is 2. The fraction of sp³-hybridized carbons (Fsp3) is 0.462. The van der Waals surface area contributed by atoms with Gasteiger partial charge in [0.2, 0.25) is 0 Å². The molecule has 0 saturated carbocycles. The van der Waals surface area contributed by atoms with Crippen molar-refractivity contribution in [1.82, 2.24) is 15.3 Å². The average molecular weight is 296 g/mol. The highest BCUT2D eigenvalue weighted by Gasteiger charge is 2.06. The van der Waals surface area contributed by atoms with Crippen LogP contribution >= 0.6 is 15.9 Å². The third-order valence-corrected chi connectivity index (χ3v) is 3.16. The molecule has 1 aromatic heterocycles. The summed E-state index contributed by atoms with van der Waals surface area (Å²) in [6.45, 7) is 7.35. The van der Waals surface area contributed by atoms with Crippen molar-refractivity contribution in [2.45, 2.75) is 33.2 Å². The Hall–Kier alpha value is -0.870. The molecule has 0 fully saturated rings. The Balaban J connectivity index is 2.17. The Morgan fingerprint density at radius 2 is 2.18 bits per heavy atom. The standard InChI is InChI=1S/C13H18BrN3/c1-8(2)15-5-4-12-16-11-7-10(14)6-9(3)13(11)17-12/h6-8,15H,4-5H2,1-3H3,(H,16,17). The summed E-state index contributed by atoms with van der Waals surface area (Å²) in [5.41, 5.74) is 3.39. The first-order valence-electron chi connectivity index (χ1n) is 5.94. The largest absolute Gasteiger partial charge is 0.342 e. The zero-order valence-electron chi connectivity index (χ0n) is 10.5. The summed E-state index contributed by atoms with van der Waals surface area (Å²) in [6, 6.07) is 4.70. The minimum Gasteiger partial charge on any atom is -0.342 e. The van der Waals surface area contributed by atoms with Gasteiger partial charge in [-0.1, -0.05) is 29.8 Å². The Bertz CT molecular complexity index is 517. The number of aryl methyl sites for hydroxylation is 1. The van der Waals surface area contributed by atoms with Gasteiger partial charge in [0.15, 0.2) is 0 Å². The van der Waals surface area contributed by atoms with Crippen LogP contribution in [0.2, 0.25) is 0 Å². The Morgan fingerprint density at radius 3 is 2.88 bits per heavy atom. The molecule has 0 unspecified atom stereocenters. The number of hydrogen-bond donors (Lipinski definition) is 2. The fourth-order valence-electron chi connectivity index (χ4n) is 1.90. The quantitative estimate of drug-likeness (QED) is 0.910. The van der Waals surface area contributed by atoms with E-state index in [0.29, 0.717) is 6.04 Å². The average Bonchev–Trinajstić information content (AvgIpc) is 2.60. The van der Waals surface area contributed by atoms with E-state index in [-0.39, 0.29) is 0 Å². The molecule has 2 rings (SSSR count). The van der Waals surface area contributed by atoms with Crippen molar-refractivity contribution < 1.29 is 0 Å². The van der Waals surface area contributed by atoms with Crippen LogP contribution in [0.1, 0.15) is 25.2 Å². The van der Waals surface area contributed by atoms with Crippen molar-refractivity contribution in [2.24, 2.45) is 0 Å². The smallest absolute Gasteiger partial charge is 0.108 e. The van der Waals surface area contributed by atoms with Crippen LogP contribution in [0.25, 0.3) is 11.0 Å². The number of halogens is 1. The molecule has 0 amide bonds. The molecule has 0 spiro atoms. The molecule has 0 aliphatic rings. The summed E-state index contributed by atoms with van der Waals surface area (Å²) >= 11 is 3.50. The summed E-state index contributed by atoms with van der Waals surface area (Å²) in [5, 5.41) is 3.40. The van der Waals surface area contributed by atoms with Crippen molar-refractivity contribution in [3.05, 3.63) is 28.0 Å². The highest BCUT2D eigenvalue weighted by atomic mass is 79.9. The lowest BCUT2D eigenvalue weighted by atomic mass is 10.2. The summed E-state index contributed by atoms with van der Waals surface area (Å²) < 4.78 is 1.10. The minimum atomic E-state index is 0.523. The van der Waals surface area contributed by atoms with E-state index in [1.165, 1.54) is 5.56 Å². The lowest BCUT2D eigenvalue weighted by molar-refractivity contribution is 0.585. The molecule has 0 aliphatic heterocycles. The van der Waals surface area contributed by atoms with Gasteiger partial charge in [-0.15, -0.1) is 0 Å². The van der Waals surface area contributed by atoms with E-state index in [9.17, 15) is 0 Å². The minimum absolute atomic E-state index is 0.523. The predicted octanol–water partition coefficient (Wildman–Crippen LogP) is 3.17. The van der Waals surface area contributed by atoms with Crippen molar-refractivity contribution in [2.75, 3.05) is 6.54 Å². The molecule has 2 N–H and O–H groups in total. The maximum absolute atomic E-state index is 4.63. The number of benzene rings is 1. The maximum Gasteiger partial charge on any atom is 0.108 e. The zero-order valence-corrected chi connectivity index (χ0v) is 12.1. The Kier molecular flexibility index (Phi) is 3.84. The molecule has 1 heterocycles. The van der Waals surface area contributed by atoms with Gasteiger partial charge in [0.25, 0.3) is 0 Å². The molecule has 0 radical (unpaired) electrons. The molecular formula is C13H18BrN3. The van der Waals surface area contributed by atoms with Gasteiger partial charge in [-0.25, -0.2) is 4.98 Å². The van der Waals surface area contributed by atoms with Crippen molar-refractivity contribution in [1.29, 1.82) is 0 Å². The normalized spacial score (nSPS) is 11.6. The lowest BCUT2D eigenvalue weighted by Crippen LogP contribution is -2.25. The monoisotopic (exact) mass is 295 g/mol. The summed E-state index contributed by atoms with van der Waals surface area (Å²) in [5.74, 6) is 1.05. The third-order valence-electron chi connectivity index (χ3n) is 2.71. The van der Waals surface area contributed by atoms with Gasteiger partial charge in [-0.2, -0.15) is 0 Å². The Morgan fingerprint density at radius 1 is 1.41 bits per heavy atom. The lowest BCUT2D eigenvalue weighted by Gasteiger charge is -2.05. The van der Waals surface area contributed by atoms with Crippen LogP contribution in [0.4, 0.5) is 0 Å². The molecule has 0 atom stereocenters. The van der Waals surface area contributed by atoms with E-state index in [0.717, 1.165) is 34.3 Å². The summed E-state index contributed by atoms with van der Waals surface area (Å²) in [7, 11) is 0. The van der Waals surface area contributed by atoms with Crippen molar-refractivity contribution in [3.63, 3.8) is 0 Å². The van der Waals surface area contributed by atoms with Crippen LogP contribution in [0.5, 0.6) is 0 Å². The molecule has 4 heteroatoms. The van der Waals surface area contributed by atoms with E-state index in [2.05, 4.69) is 64.1 Å². The van der Waals surface area contributed by atoms with Crippen molar-refractivity contribution in [3.8, 4) is 0 Å². The third kappa shape index (κ3) is 3.07. The van der Waals surface area contributed by atoms with Crippen LogP contribution in [0.3, 0.4) is 0 Å². The van der Waals surface area contributed by atoms with Crippen LogP contribution in [-0.4, -0.2) is 22.6 Å². The van der Waals surface area contributed by atoms with E-state index in [4.69, 9.17) is 0 Å². The van der Waals surface area contributed by atoms with Gasteiger partial charge >= 0.3 is 0 Å². The van der Waals surface area contributed by atoms with Gasteiger partial charge in [-0.3, -0.25) is 0 Å². The molecule has 1 aromatic carbocycles. The van der Waals surface area contributed by atoms with Crippen molar-refractivity contribution >= 4 is 27.0 Å². The molecule has 92 valence electrons. The highest BCUT2D eigenvalue weighted by molar-refractivity contribution is 9.10. The number of nitrogens with one attached hydrogen (secondary N) is 2. The van der Waals surface area contributed by atoms with Gasteiger partial charge < -0.3 is 10.3 Å². The number of rotatable bonds is 4. The van der Waals surface area contributed by atoms with E-state index in [1.807, 2.05) is 0 Å². The zero-order chi connectivity index (χ0) is 12.4. The maximum atomic E-state index is 4.63. The number of H-pyrrole nitrogens is 1. The second-order valence-corrected chi connectivity index (χ2v) is 5.58. The van der Waals surface area contributed by atoms with E-state index >= 15 is 0 Å². The molecule has 0 saturated heterocycles. The topological polar surface area (TPSA) is 40.7 Å². The second-order valence-electron chi connectivity index (χ2n) is 4.66. The molecule has 0 aliphatic carbocycles. The van der Waals surface area contributed by atoms with Gasteiger partial charge in [-0.05, 0) is 24.6 Å². The van der Waals surface area contributed by atoms with Crippen LogP contribution in [0.15, 0.2) is 16.6 Å². The van der Waals surface area contributed by atoms with Gasteiger partial charge in [0.05, 0.1) is 11.0 Å². The summed E-state index contributed by atoms with van der Waals surface area (Å²) in [4.78, 5) is 8.00. The van der Waals surface area contributed by atoms with Gasteiger partial charge in [0, 0.05) is 23.5 Å². The first-order chi connectivity index (χ1) is 8.06. The molecule has 0 bridgehead atoms. The fourth-order valence-corrected chi connectivity index (χ4v) is 2.47. The molecule has 3 nitrogen and oxygen atoms in total. The van der Waals surface area contributed by atoms with E-state index in [1.54, 1.807) is 0 Å². The first-order valence-corrected chi connectivity index (χ1v) is 6.73. The molecule has 17 heavy (non-hydrogen) atoms. The second kappa shape index (κ2) is 5.19. The molecule has 2 aromatic rings. The predicted molar refractivity (Wildman–Crippen MR) is 75.4 cm³/mol. The highest BCUT2D eigenvalue weighted by Crippen LogP contribution is 2.22. The Labute approximate surface area is 110 Å². The van der Waals surface area contributed by atoms with Gasteiger partial charge in [0.1, 0.15) is 5.82 Å². The first kappa shape index (κ1) is 12.6. The van der Waals surface area contributed by atoms with Crippen LogP contribution in [0, 0.1) is 6.92 Å². The SMILES string of the molecule is Cc1cc(Br)cc2[nH]c(CCNC(C)C)nc12. The van der Waals surface area contributed by atoms with Crippen LogP contribution < -0.4 is 5.32 Å². The van der Waals surface area contributed by atoms with E-state index < -0.39 is 0 Å². The molecular weight excluding hydrogens is 278 g/mol. The summed E-state index contributed by atoms with van der Waals surface area (Å²) in [6.07, 6.45) is 0.934. The number of fused-ring (bicyclic) bond motifs is 1. The number of aromatic nitrogens is 2.